The Hall–Kier alpha value is -1.59. The molecule has 0 aliphatic carbocycles. The van der Waals surface area contributed by atoms with E-state index in [1.54, 1.807) is 20.8 Å². The third kappa shape index (κ3) is 3.23. The third-order valence-corrected chi connectivity index (χ3v) is 1.50. The Balaban J connectivity index is 2.63. The zero-order valence-electron chi connectivity index (χ0n) is 9.17. The Morgan fingerprint density at radius 3 is 2.60 bits per heavy atom. The normalized spacial score (nSPS) is 11.3. The van der Waals surface area contributed by atoms with Crippen LogP contribution in [0.1, 0.15) is 20.8 Å². The lowest BCUT2D eigenvalue weighted by atomic mass is 10.2. The van der Waals surface area contributed by atoms with E-state index in [9.17, 15) is 9.18 Å². The van der Waals surface area contributed by atoms with E-state index in [0.717, 1.165) is 4.68 Å². The highest BCUT2D eigenvalue weighted by Crippen LogP contribution is 2.14. The van der Waals surface area contributed by atoms with Crippen LogP contribution in [0.4, 0.5) is 14.9 Å². The van der Waals surface area contributed by atoms with E-state index in [4.69, 9.17) is 4.74 Å². The van der Waals surface area contributed by atoms with Gasteiger partial charge in [-0.1, -0.05) is 0 Å². The molecule has 1 heterocycles. The zero-order valence-corrected chi connectivity index (χ0v) is 9.17. The van der Waals surface area contributed by atoms with E-state index < -0.39 is 17.6 Å². The highest BCUT2D eigenvalue weighted by Gasteiger charge is 2.18. The summed E-state index contributed by atoms with van der Waals surface area (Å²) in [5.74, 6) is -0.610. The molecule has 0 saturated heterocycles. The molecule has 0 aliphatic rings. The lowest BCUT2D eigenvalue weighted by Gasteiger charge is -2.19. The fourth-order valence-electron chi connectivity index (χ4n) is 0.920. The summed E-state index contributed by atoms with van der Waals surface area (Å²) in [6.07, 6.45) is 0.522. The third-order valence-electron chi connectivity index (χ3n) is 1.50. The topological polar surface area (TPSA) is 56.2 Å². The van der Waals surface area contributed by atoms with E-state index in [1.807, 2.05) is 0 Å². The average molecular weight is 215 g/mol. The zero-order chi connectivity index (χ0) is 11.6. The standard InChI is InChI=1S/C9H14FN3O2/c1-9(2,3)15-8(14)12-6-5-11-13(4)7(6)10/h5H,1-4H3,(H,12,14). The molecular formula is C9H14FN3O2. The van der Waals surface area contributed by atoms with E-state index in [2.05, 4.69) is 10.4 Å². The van der Waals surface area contributed by atoms with Crippen molar-refractivity contribution < 1.29 is 13.9 Å². The molecule has 5 nitrogen and oxygen atoms in total. The van der Waals surface area contributed by atoms with Crippen LogP contribution in [-0.2, 0) is 11.8 Å². The summed E-state index contributed by atoms with van der Waals surface area (Å²) < 4.78 is 19.2. The van der Waals surface area contributed by atoms with Crippen molar-refractivity contribution in [3.63, 3.8) is 0 Å². The van der Waals surface area contributed by atoms with Crippen LogP contribution in [0.25, 0.3) is 0 Å². The first-order valence-electron chi connectivity index (χ1n) is 4.47. The van der Waals surface area contributed by atoms with Gasteiger partial charge in [-0.05, 0) is 20.8 Å². The second kappa shape index (κ2) is 3.88. The van der Waals surface area contributed by atoms with Crippen molar-refractivity contribution in [2.45, 2.75) is 26.4 Å². The van der Waals surface area contributed by atoms with Gasteiger partial charge in [-0.2, -0.15) is 9.49 Å². The smallest absolute Gasteiger partial charge is 0.412 e. The summed E-state index contributed by atoms with van der Waals surface area (Å²) >= 11 is 0. The fourth-order valence-corrected chi connectivity index (χ4v) is 0.920. The maximum absolute atomic E-state index is 13.2. The Labute approximate surface area is 87.2 Å². The van der Waals surface area contributed by atoms with Gasteiger partial charge in [0.15, 0.2) is 0 Å². The minimum atomic E-state index is -0.700. The second-order valence-corrected chi connectivity index (χ2v) is 4.10. The molecule has 0 spiro atoms. The number of nitrogens with zero attached hydrogens (tertiary/aromatic N) is 2. The number of amides is 1. The summed E-state index contributed by atoms with van der Waals surface area (Å²) in [5.41, 5.74) is -0.602. The predicted molar refractivity (Wildman–Crippen MR) is 53.0 cm³/mol. The molecule has 1 aromatic heterocycles. The molecule has 1 amide bonds. The molecule has 1 rings (SSSR count). The molecule has 0 saturated carbocycles. The summed E-state index contributed by atoms with van der Waals surface area (Å²) in [6, 6.07) is 0. The monoisotopic (exact) mass is 215 g/mol. The highest BCUT2D eigenvalue weighted by atomic mass is 19.1. The number of carbonyl (C=O) groups excluding carboxylic acids is 1. The van der Waals surface area contributed by atoms with Crippen molar-refractivity contribution in [2.75, 3.05) is 5.32 Å². The summed E-state index contributed by atoms with van der Waals surface area (Å²) in [6.45, 7) is 5.19. The molecule has 1 aromatic rings. The molecule has 1 N–H and O–H groups in total. The first-order chi connectivity index (χ1) is 6.79. The largest absolute Gasteiger partial charge is 0.444 e. The molecule has 0 unspecified atom stereocenters. The van der Waals surface area contributed by atoms with Gasteiger partial charge in [-0.25, -0.2) is 9.48 Å². The van der Waals surface area contributed by atoms with Crippen LogP contribution < -0.4 is 5.32 Å². The summed E-state index contributed by atoms with van der Waals surface area (Å²) in [7, 11) is 1.44. The van der Waals surface area contributed by atoms with Crippen LogP contribution in [0, 0.1) is 5.95 Å². The number of halogens is 1. The van der Waals surface area contributed by atoms with Crippen molar-refractivity contribution in [3.05, 3.63) is 12.1 Å². The Bertz CT molecular complexity index is 368. The minimum Gasteiger partial charge on any atom is -0.444 e. The number of anilines is 1. The van der Waals surface area contributed by atoms with E-state index >= 15 is 0 Å². The molecule has 0 radical (unpaired) electrons. The number of aromatic nitrogens is 2. The van der Waals surface area contributed by atoms with Crippen molar-refractivity contribution >= 4 is 11.8 Å². The van der Waals surface area contributed by atoms with E-state index in [0.29, 0.717) is 0 Å². The maximum atomic E-state index is 13.2. The maximum Gasteiger partial charge on any atom is 0.412 e. The minimum absolute atomic E-state index is 0.00625. The number of rotatable bonds is 1. The molecule has 0 atom stereocenters. The van der Waals surface area contributed by atoms with Gasteiger partial charge < -0.3 is 4.74 Å². The first kappa shape index (κ1) is 11.5. The van der Waals surface area contributed by atoms with Gasteiger partial charge in [-0.15, -0.1) is 0 Å². The van der Waals surface area contributed by atoms with E-state index in [-0.39, 0.29) is 5.69 Å². The van der Waals surface area contributed by atoms with Gasteiger partial charge in [0, 0.05) is 7.05 Å². The van der Waals surface area contributed by atoms with Gasteiger partial charge in [-0.3, -0.25) is 5.32 Å². The van der Waals surface area contributed by atoms with Crippen molar-refractivity contribution in [1.29, 1.82) is 0 Å². The number of aryl methyl sites for hydroxylation is 1. The number of carbonyl (C=O) groups is 1. The highest BCUT2D eigenvalue weighted by molar-refractivity contribution is 5.84. The first-order valence-corrected chi connectivity index (χ1v) is 4.47. The van der Waals surface area contributed by atoms with Gasteiger partial charge in [0.05, 0.1) is 6.20 Å². The van der Waals surface area contributed by atoms with Crippen molar-refractivity contribution in [2.24, 2.45) is 7.05 Å². The Morgan fingerprint density at radius 2 is 2.20 bits per heavy atom. The van der Waals surface area contributed by atoms with Gasteiger partial charge >= 0.3 is 6.09 Å². The number of hydrogen-bond donors (Lipinski definition) is 1. The lowest BCUT2D eigenvalue weighted by Crippen LogP contribution is -2.27. The van der Waals surface area contributed by atoms with Gasteiger partial charge in [0.25, 0.3) is 0 Å². The molecule has 84 valence electrons. The number of ether oxygens (including phenoxy) is 1. The van der Waals surface area contributed by atoms with E-state index in [1.165, 1.54) is 13.2 Å². The van der Waals surface area contributed by atoms with Gasteiger partial charge in [0.2, 0.25) is 5.95 Å². The fraction of sp³-hybridized carbons (Fsp3) is 0.556. The summed E-state index contributed by atoms with van der Waals surface area (Å²) in [5, 5.41) is 5.91. The molecule has 0 fully saturated rings. The van der Waals surface area contributed by atoms with Crippen LogP contribution in [0.2, 0.25) is 0 Å². The molecule has 0 bridgehead atoms. The number of nitrogens with one attached hydrogen (secondary N) is 1. The quantitative estimate of drug-likeness (QED) is 0.778. The Kier molecular flexibility index (Phi) is 2.97. The average Bonchev–Trinajstić information content (AvgIpc) is 2.32. The molecular weight excluding hydrogens is 201 g/mol. The van der Waals surface area contributed by atoms with Crippen LogP contribution in [0.5, 0.6) is 0 Å². The SMILES string of the molecule is Cn1ncc(NC(=O)OC(C)(C)C)c1F. The molecule has 0 aromatic carbocycles. The molecule has 0 aliphatic heterocycles. The van der Waals surface area contributed by atoms with Crippen LogP contribution in [0.15, 0.2) is 6.20 Å². The number of hydrogen-bond acceptors (Lipinski definition) is 3. The Morgan fingerprint density at radius 1 is 1.60 bits per heavy atom. The predicted octanol–water partition coefficient (Wildman–Crippen LogP) is 1.91. The van der Waals surface area contributed by atoms with Crippen LogP contribution in [-0.4, -0.2) is 21.5 Å². The van der Waals surface area contributed by atoms with Crippen LogP contribution >= 0.6 is 0 Å². The lowest BCUT2D eigenvalue weighted by molar-refractivity contribution is 0.0635. The summed E-state index contributed by atoms with van der Waals surface area (Å²) in [4.78, 5) is 11.3. The molecule has 6 heteroatoms. The molecule has 15 heavy (non-hydrogen) atoms. The van der Waals surface area contributed by atoms with Gasteiger partial charge in [0.1, 0.15) is 11.3 Å². The van der Waals surface area contributed by atoms with Crippen molar-refractivity contribution in [1.82, 2.24) is 9.78 Å². The van der Waals surface area contributed by atoms with Crippen LogP contribution in [0.3, 0.4) is 0 Å². The van der Waals surface area contributed by atoms with Crippen molar-refractivity contribution in [3.8, 4) is 0 Å². The second-order valence-electron chi connectivity index (χ2n) is 4.10.